The lowest BCUT2D eigenvalue weighted by atomic mass is 9.96. The summed E-state index contributed by atoms with van der Waals surface area (Å²) in [7, 11) is 0. The van der Waals surface area contributed by atoms with E-state index in [2.05, 4.69) is 16.7 Å². The van der Waals surface area contributed by atoms with E-state index in [1.807, 2.05) is 0 Å². The van der Waals surface area contributed by atoms with Crippen molar-refractivity contribution in [3.05, 3.63) is 0 Å². The molecule has 0 saturated carbocycles. The third-order valence-electron chi connectivity index (χ3n) is 4.64. The van der Waals surface area contributed by atoms with E-state index in [0.717, 1.165) is 32.5 Å². The first-order chi connectivity index (χ1) is 8.76. The molecule has 2 fully saturated rings. The molecule has 2 aliphatic heterocycles. The quantitative estimate of drug-likeness (QED) is 0.757. The normalized spacial score (nSPS) is 29.8. The van der Waals surface area contributed by atoms with Crippen LogP contribution in [0.4, 0.5) is 0 Å². The summed E-state index contributed by atoms with van der Waals surface area (Å²) in [4.78, 5) is 5.06. The predicted molar refractivity (Wildman–Crippen MR) is 74.5 cm³/mol. The summed E-state index contributed by atoms with van der Waals surface area (Å²) in [6.07, 6.45) is 6.14. The van der Waals surface area contributed by atoms with Crippen molar-refractivity contribution in [2.24, 2.45) is 5.73 Å². The van der Waals surface area contributed by atoms with Crippen LogP contribution in [0.5, 0.6) is 0 Å². The lowest BCUT2D eigenvalue weighted by molar-refractivity contribution is 0.00458. The van der Waals surface area contributed by atoms with Gasteiger partial charge in [0.25, 0.3) is 0 Å². The van der Waals surface area contributed by atoms with Crippen LogP contribution >= 0.6 is 0 Å². The van der Waals surface area contributed by atoms with Crippen LogP contribution in [0, 0.1) is 0 Å². The number of nitrogens with two attached hydrogens (primary N) is 1. The molecule has 0 amide bonds. The number of rotatable bonds is 5. The van der Waals surface area contributed by atoms with Gasteiger partial charge in [0.05, 0.1) is 6.61 Å². The second-order valence-corrected chi connectivity index (χ2v) is 5.88. The Balaban J connectivity index is 1.91. The maximum Gasteiger partial charge on any atom is 0.0601 e. The predicted octanol–water partition coefficient (Wildman–Crippen LogP) is 0.645. The molecule has 18 heavy (non-hydrogen) atoms. The van der Waals surface area contributed by atoms with Crippen molar-refractivity contribution in [2.45, 2.75) is 57.2 Å². The fraction of sp³-hybridized carbons (Fsp3) is 1.00. The molecule has 3 unspecified atom stereocenters. The highest BCUT2D eigenvalue weighted by Crippen LogP contribution is 2.23. The van der Waals surface area contributed by atoms with Crippen molar-refractivity contribution in [3.63, 3.8) is 0 Å². The van der Waals surface area contributed by atoms with Gasteiger partial charge >= 0.3 is 0 Å². The zero-order chi connectivity index (χ0) is 13.0. The molecule has 4 nitrogen and oxygen atoms in total. The summed E-state index contributed by atoms with van der Waals surface area (Å²) < 4.78 is 0. The number of hydrogen-bond acceptors (Lipinski definition) is 4. The molecule has 3 atom stereocenters. The van der Waals surface area contributed by atoms with Gasteiger partial charge in [0.2, 0.25) is 0 Å². The molecular weight excluding hydrogens is 226 g/mol. The van der Waals surface area contributed by atoms with Crippen LogP contribution in [0.1, 0.15) is 39.0 Å². The van der Waals surface area contributed by atoms with E-state index in [-0.39, 0.29) is 18.7 Å². The largest absolute Gasteiger partial charge is 0.395 e. The van der Waals surface area contributed by atoms with Gasteiger partial charge in [0.15, 0.2) is 0 Å². The zero-order valence-electron chi connectivity index (χ0n) is 11.7. The van der Waals surface area contributed by atoms with Gasteiger partial charge < -0.3 is 10.8 Å². The summed E-state index contributed by atoms with van der Waals surface area (Å²) in [5.74, 6) is 0. The first-order valence-corrected chi connectivity index (χ1v) is 7.60. The Labute approximate surface area is 111 Å². The minimum Gasteiger partial charge on any atom is -0.395 e. The van der Waals surface area contributed by atoms with Crippen molar-refractivity contribution in [1.29, 1.82) is 0 Å². The Hall–Kier alpha value is -0.160. The van der Waals surface area contributed by atoms with Crippen LogP contribution < -0.4 is 5.73 Å². The summed E-state index contributed by atoms with van der Waals surface area (Å²) in [6, 6.07) is 0.986. The highest BCUT2D eigenvalue weighted by atomic mass is 16.3. The third-order valence-corrected chi connectivity index (χ3v) is 4.64. The molecule has 0 aromatic heterocycles. The second-order valence-electron chi connectivity index (χ2n) is 5.88. The number of piperazine rings is 1. The molecule has 0 aromatic rings. The van der Waals surface area contributed by atoms with Gasteiger partial charge in [-0.25, -0.2) is 0 Å². The van der Waals surface area contributed by atoms with Crippen LogP contribution in [0.2, 0.25) is 0 Å². The minimum atomic E-state index is 0.121. The Bertz CT molecular complexity index is 249. The van der Waals surface area contributed by atoms with Gasteiger partial charge in [-0.3, -0.25) is 9.80 Å². The van der Waals surface area contributed by atoms with Crippen LogP contribution in [0.3, 0.4) is 0 Å². The van der Waals surface area contributed by atoms with E-state index in [4.69, 9.17) is 5.73 Å². The molecule has 4 heteroatoms. The maximum atomic E-state index is 9.64. The molecule has 2 heterocycles. The number of hydrogen-bond donors (Lipinski definition) is 2. The van der Waals surface area contributed by atoms with Crippen LogP contribution in [-0.2, 0) is 0 Å². The molecule has 3 N–H and O–H groups in total. The number of piperidine rings is 1. The molecular formula is C14H29N3O. The van der Waals surface area contributed by atoms with Crippen molar-refractivity contribution in [1.82, 2.24) is 9.80 Å². The Kier molecular flexibility index (Phi) is 5.42. The van der Waals surface area contributed by atoms with Gasteiger partial charge in [-0.15, -0.1) is 0 Å². The Morgan fingerprint density at radius 3 is 2.83 bits per heavy atom. The van der Waals surface area contributed by atoms with Crippen molar-refractivity contribution < 1.29 is 5.11 Å². The maximum absolute atomic E-state index is 9.64. The van der Waals surface area contributed by atoms with E-state index < -0.39 is 0 Å². The molecule has 0 bridgehead atoms. The van der Waals surface area contributed by atoms with Gasteiger partial charge in [-0.1, -0.05) is 19.8 Å². The highest BCUT2D eigenvalue weighted by molar-refractivity contribution is 4.90. The summed E-state index contributed by atoms with van der Waals surface area (Å²) in [6.45, 7) is 6.95. The molecule has 0 aromatic carbocycles. The van der Waals surface area contributed by atoms with E-state index in [1.54, 1.807) is 0 Å². The molecule has 2 rings (SSSR count). The van der Waals surface area contributed by atoms with Gasteiger partial charge in [-0.2, -0.15) is 0 Å². The van der Waals surface area contributed by atoms with E-state index >= 15 is 0 Å². The van der Waals surface area contributed by atoms with Crippen molar-refractivity contribution in [2.75, 3.05) is 32.8 Å². The molecule has 0 spiro atoms. The second kappa shape index (κ2) is 6.85. The zero-order valence-corrected chi connectivity index (χ0v) is 11.7. The van der Waals surface area contributed by atoms with Gasteiger partial charge in [0, 0.05) is 37.8 Å². The van der Waals surface area contributed by atoms with E-state index in [0.29, 0.717) is 6.04 Å². The summed E-state index contributed by atoms with van der Waals surface area (Å²) in [5.41, 5.74) is 6.22. The Morgan fingerprint density at radius 2 is 2.11 bits per heavy atom. The molecule has 106 valence electrons. The van der Waals surface area contributed by atoms with E-state index in [1.165, 1.54) is 25.8 Å². The molecule has 2 saturated heterocycles. The van der Waals surface area contributed by atoms with Crippen LogP contribution in [0.25, 0.3) is 0 Å². The Morgan fingerprint density at radius 1 is 1.28 bits per heavy atom. The SMILES string of the molecule is CCCC(N)C(CO)N1CCN2CCCCC2C1. The topological polar surface area (TPSA) is 52.7 Å². The van der Waals surface area contributed by atoms with Crippen molar-refractivity contribution >= 4 is 0 Å². The summed E-state index contributed by atoms with van der Waals surface area (Å²) in [5, 5.41) is 9.64. The van der Waals surface area contributed by atoms with E-state index in [9.17, 15) is 5.11 Å². The molecule has 0 radical (unpaired) electrons. The molecule has 2 aliphatic rings. The van der Waals surface area contributed by atoms with Gasteiger partial charge in [0.1, 0.15) is 0 Å². The summed E-state index contributed by atoms with van der Waals surface area (Å²) >= 11 is 0. The lowest BCUT2D eigenvalue weighted by Gasteiger charge is -2.47. The number of nitrogens with zero attached hydrogens (tertiary/aromatic N) is 2. The number of fused-ring (bicyclic) bond motifs is 1. The third kappa shape index (κ3) is 3.23. The number of aliphatic hydroxyl groups is 1. The van der Waals surface area contributed by atoms with Crippen molar-refractivity contribution in [3.8, 4) is 0 Å². The monoisotopic (exact) mass is 255 g/mol. The first kappa shape index (κ1) is 14.3. The number of aliphatic hydroxyl groups excluding tert-OH is 1. The average molecular weight is 255 g/mol. The lowest BCUT2D eigenvalue weighted by Crippen LogP contribution is -2.61. The minimum absolute atomic E-state index is 0.121. The van der Waals surface area contributed by atoms with Crippen LogP contribution in [0.15, 0.2) is 0 Å². The fourth-order valence-corrected chi connectivity index (χ4v) is 3.53. The standard InChI is InChI=1S/C14H29N3O/c1-2-5-13(15)14(11-18)17-9-8-16-7-4-3-6-12(16)10-17/h12-14,18H,2-11,15H2,1H3. The first-order valence-electron chi connectivity index (χ1n) is 7.60. The fourth-order valence-electron chi connectivity index (χ4n) is 3.53. The van der Waals surface area contributed by atoms with Gasteiger partial charge in [-0.05, 0) is 25.8 Å². The average Bonchev–Trinajstić information content (AvgIpc) is 2.40. The smallest absolute Gasteiger partial charge is 0.0601 e. The van der Waals surface area contributed by atoms with Crippen LogP contribution in [-0.4, -0.2) is 65.8 Å². The highest BCUT2D eigenvalue weighted by Gasteiger charge is 2.33. The molecule has 0 aliphatic carbocycles.